The van der Waals surface area contributed by atoms with E-state index in [1.807, 2.05) is 42.5 Å². The van der Waals surface area contributed by atoms with E-state index in [4.69, 9.17) is 29.2 Å². The van der Waals surface area contributed by atoms with Crippen LogP contribution in [0.25, 0.3) is 21.5 Å². The number of aliphatic hydroxyl groups is 2. The molecule has 6 fully saturated rings. The number of carboxylic acid groups (broad SMARTS) is 1. The van der Waals surface area contributed by atoms with Crippen molar-refractivity contribution in [2.24, 2.45) is 34.5 Å². The molecule has 4 heterocycles. The molecule has 4 aromatic rings. The van der Waals surface area contributed by atoms with Crippen molar-refractivity contribution in [3.05, 3.63) is 86.2 Å². The fourth-order valence-corrected chi connectivity index (χ4v) is 13.7. The number of rotatable bonds is 24. The normalized spacial score (nSPS) is 25.4. The molecule has 2 saturated heterocycles. The number of benzene rings is 2. The van der Waals surface area contributed by atoms with Gasteiger partial charge in [0, 0.05) is 55.4 Å². The number of hydrogen-bond acceptors (Lipinski definition) is 19. The van der Waals surface area contributed by atoms with Crippen molar-refractivity contribution >= 4 is 76.8 Å². The van der Waals surface area contributed by atoms with Crippen LogP contribution >= 0.6 is 0 Å². The number of pyridine rings is 2. The molecule has 23 nitrogen and oxygen atoms in total. The number of methoxy groups -OCH3 is 2. The number of aliphatic carboxylic acids is 1. The molecular weight excluding hydrogens is 1180 g/mol. The van der Waals surface area contributed by atoms with Gasteiger partial charge in [0.2, 0.25) is 49.5 Å². The van der Waals surface area contributed by atoms with Crippen LogP contribution in [0.15, 0.2) is 86.2 Å². The molecule has 480 valence electrons. The Bertz CT molecular complexity index is 3560. The molecule has 2 aliphatic heterocycles. The summed E-state index contributed by atoms with van der Waals surface area (Å²) in [5.74, 6) is -3.07. The molecule has 0 bridgehead atoms. The number of nitrogens with one attached hydrogen (secondary N) is 3. The first-order valence-electron chi connectivity index (χ1n) is 29.1. The highest BCUT2D eigenvalue weighted by Crippen LogP contribution is 2.58. The van der Waals surface area contributed by atoms with Crippen molar-refractivity contribution in [2.75, 3.05) is 27.3 Å². The fourth-order valence-electron chi connectivity index (χ4n) is 11.0. The zero-order valence-corrected chi connectivity index (χ0v) is 51.9. The lowest BCUT2D eigenvalue weighted by Crippen LogP contribution is -2.49. The molecule has 10 atom stereocenters. The highest BCUT2D eigenvalue weighted by atomic mass is 32.2. The van der Waals surface area contributed by atoms with Crippen LogP contribution in [0.1, 0.15) is 113 Å². The zero-order valence-electron chi connectivity index (χ0n) is 50.3. The Hall–Kier alpha value is -7.06. The minimum absolute atomic E-state index is 0. The number of likely N-dealkylation sites (tertiary alicyclic amines) is 1. The van der Waals surface area contributed by atoms with Crippen molar-refractivity contribution in [1.82, 2.24) is 29.6 Å². The van der Waals surface area contributed by atoms with Crippen LogP contribution in [0, 0.1) is 34.5 Å². The number of aromatic nitrogens is 2. The summed E-state index contributed by atoms with van der Waals surface area (Å²) in [5, 5.41) is 33.5. The third-order valence-corrected chi connectivity index (χ3v) is 21.4. The van der Waals surface area contributed by atoms with Gasteiger partial charge in [-0.05, 0) is 144 Å². The highest BCUT2D eigenvalue weighted by Gasteiger charge is 2.63. The standard InChI is InChI=1S/C31H39N3O8S.C25H29N3O6S.C6H12O3.CH4/c1-6-20-15-31(20,29(37)33-43(39,40)23-8-9-23)16-26(35)25-14-22(17-34(25)28(36)18(2)30(3,4)38)42-27-24-10-7-21(41-5)13-19(24)11-12-32-27;1-3-16-12-25(16,24(30)28-35(31,32)19-5-6-19)13-22(29)21-11-18(14-27-21)34-23-20-7-4-17(33-2)10-15(20)8-9-26-23;1-4(5(7)8)6(2,3)9;/h6-7,10-13,18,20,22-23,25,38H,1,8-9,14-17H2,2-5H3,(H,33,37);3-4,7-10,16,18-19,21,27H,1,5-6,11-14H2,2H3,(H,28,30);4,9H,1-3H3,(H,7,8);1H4/t18-,20-,22?,25+,31-;16-,18?,21+,25-;4-;/m111./s1. The van der Waals surface area contributed by atoms with Crippen LogP contribution < -0.4 is 33.7 Å². The maximum atomic E-state index is 13.9. The molecule has 0 radical (unpaired) electrons. The van der Waals surface area contributed by atoms with Gasteiger partial charge in [-0.1, -0.05) is 26.5 Å². The number of sulfonamides is 2. The average molecular weight is 1260 g/mol. The number of fused-ring (bicyclic) bond motifs is 2. The summed E-state index contributed by atoms with van der Waals surface area (Å²) >= 11 is 0. The maximum Gasteiger partial charge on any atom is 0.309 e. The average Bonchev–Trinajstić information content (AvgIpc) is 2.30. The number of carbonyl (C=O) groups excluding carboxylic acids is 5. The topological polar surface area (TPSA) is 333 Å². The molecule has 4 saturated carbocycles. The number of nitrogens with zero attached hydrogens (tertiary/aromatic N) is 3. The molecule has 10 rings (SSSR count). The zero-order chi connectivity index (χ0) is 63.8. The van der Waals surface area contributed by atoms with Gasteiger partial charge in [0.15, 0.2) is 11.6 Å². The number of hydrogen-bond donors (Lipinski definition) is 6. The second kappa shape index (κ2) is 26.6. The highest BCUT2D eigenvalue weighted by molar-refractivity contribution is 7.91. The van der Waals surface area contributed by atoms with Crippen LogP contribution in [0.3, 0.4) is 0 Å². The Kier molecular flexibility index (Phi) is 20.7. The molecule has 3 amide bonds. The number of Topliss-reactive ketones (excluding diaryl/α,β-unsaturated/α-hetero) is 2. The van der Waals surface area contributed by atoms with Gasteiger partial charge in [-0.25, -0.2) is 26.8 Å². The number of carboxylic acids is 1. The summed E-state index contributed by atoms with van der Waals surface area (Å²) in [7, 11) is -4.29. The van der Waals surface area contributed by atoms with E-state index < -0.39 is 106 Å². The third-order valence-electron chi connectivity index (χ3n) is 17.8. The van der Waals surface area contributed by atoms with Crippen molar-refractivity contribution < 1.29 is 79.9 Å². The smallest absolute Gasteiger partial charge is 0.309 e. The Balaban J connectivity index is 0.000000221. The lowest BCUT2D eigenvalue weighted by molar-refractivity contribution is -0.149. The van der Waals surface area contributed by atoms with Crippen LogP contribution in [-0.2, 0) is 48.8 Å². The van der Waals surface area contributed by atoms with Crippen LogP contribution in [0.4, 0.5) is 0 Å². The van der Waals surface area contributed by atoms with Crippen molar-refractivity contribution in [3.8, 4) is 23.3 Å². The van der Waals surface area contributed by atoms with Gasteiger partial charge in [0.05, 0.1) is 77.2 Å². The van der Waals surface area contributed by atoms with Gasteiger partial charge >= 0.3 is 5.97 Å². The van der Waals surface area contributed by atoms with Gasteiger partial charge in [-0.15, -0.1) is 13.2 Å². The lowest BCUT2D eigenvalue weighted by atomic mass is 9.89. The third kappa shape index (κ3) is 15.5. The summed E-state index contributed by atoms with van der Waals surface area (Å²) in [4.78, 5) is 87.3. The van der Waals surface area contributed by atoms with Crippen molar-refractivity contribution in [1.29, 1.82) is 0 Å². The minimum Gasteiger partial charge on any atom is -0.497 e. The van der Waals surface area contributed by atoms with E-state index in [0.29, 0.717) is 62.6 Å². The van der Waals surface area contributed by atoms with Crippen LogP contribution in [-0.4, -0.2) is 156 Å². The molecule has 0 spiro atoms. The van der Waals surface area contributed by atoms with E-state index in [9.17, 15) is 50.7 Å². The second-order valence-corrected chi connectivity index (χ2v) is 28.9. The maximum absolute atomic E-state index is 13.9. The van der Waals surface area contributed by atoms with Crippen LogP contribution in [0.2, 0.25) is 0 Å². The Labute approximate surface area is 514 Å². The first-order valence-corrected chi connectivity index (χ1v) is 32.2. The predicted octanol–water partition coefficient (Wildman–Crippen LogP) is 5.99. The summed E-state index contributed by atoms with van der Waals surface area (Å²) in [5.41, 5.74) is -4.75. The molecule has 4 aliphatic carbocycles. The monoisotopic (exact) mass is 1260 g/mol. The van der Waals surface area contributed by atoms with E-state index in [1.54, 1.807) is 51.8 Å². The number of amides is 3. The second-order valence-electron chi connectivity index (χ2n) is 25.0. The molecule has 25 heteroatoms. The molecule has 88 heavy (non-hydrogen) atoms. The number of allylic oxidation sites excluding steroid dienone is 2. The van der Waals surface area contributed by atoms with Gasteiger partial charge in [0.1, 0.15) is 23.7 Å². The summed E-state index contributed by atoms with van der Waals surface area (Å²) < 4.78 is 77.0. The van der Waals surface area contributed by atoms with E-state index in [1.165, 1.54) is 39.5 Å². The SMILES string of the molecule is C.C=C[C@@H]1C[C@]1(CC(=O)[C@@H]1CC(Oc2nccc3cc(OC)ccc23)CN1)C(=O)NS(=O)(=O)C1CC1.C=C[C@@H]1C[C@]1(CC(=O)[C@@H]1CC(Oc2nccc3cc(OC)ccc23)CN1C(=O)[C@@H](C)C(C)(C)O)C(=O)NS(=O)(=O)C1CC1.C[C@H](C(=O)O)C(C)(C)O. The van der Waals surface area contributed by atoms with E-state index >= 15 is 0 Å². The molecule has 6 N–H and O–H groups in total. The largest absolute Gasteiger partial charge is 0.497 e. The van der Waals surface area contributed by atoms with Crippen LogP contribution in [0.5, 0.6) is 23.3 Å². The van der Waals surface area contributed by atoms with Gasteiger partial charge in [-0.2, -0.15) is 0 Å². The molecule has 2 aromatic carbocycles. The van der Waals surface area contributed by atoms with Crippen molar-refractivity contribution in [2.45, 2.75) is 159 Å². The lowest BCUT2D eigenvalue weighted by Gasteiger charge is -2.32. The Morgan fingerprint density at radius 3 is 1.53 bits per heavy atom. The quantitative estimate of drug-likeness (QED) is 0.0439. The molecular formula is C63H84N6O17S2. The first-order chi connectivity index (χ1) is 40.8. The van der Waals surface area contributed by atoms with E-state index in [-0.39, 0.29) is 69.2 Å². The first kappa shape index (κ1) is 68.4. The van der Waals surface area contributed by atoms with Gasteiger partial charge in [0.25, 0.3) is 0 Å². The Morgan fingerprint density at radius 1 is 0.705 bits per heavy atom. The summed E-state index contributed by atoms with van der Waals surface area (Å²) in [6, 6.07) is 13.4. The molecule has 2 aromatic heterocycles. The number of ether oxygens (including phenoxy) is 4. The Morgan fingerprint density at radius 2 is 1.15 bits per heavy atom. The van der Waals surface area contributed by atoms with E-state index in [0.717, 1.165) is 27.3 Å². The molecule has 2 unspecified atom stereocenters. The summed E-state index contributed by atoms with van der Waals surface area (Å²) in [6.07, 6.45) is 8.74. The van der Waals surface area contributed by atoms with Crippen molar-refractivity contribution in [3.63, 3.8) is 0 Å². The summed E-state index contributed by atoms with van der Waals surface area (Å²) in [6.45, 7) is 17.2. The number of ketones is 2. The minimum atomic E-state index is -3.81. The van der Waals surface area contributed by atoms with E-state index in [2.05, 4.69) is 37.9 Å². The van der Waals surface area contributed by atoms with Gasteiger partial charge < -0.3 is 44.5 Å². The van der Waals surface area contributed by atoms with Gasteiger partial charge in [-0.3, -0.25) is 38.2 Å². The number of carbonyl (C=O) groups is 6. The predicted molar refractivity (Wildman–Crippen MR) is 328 cm³/mol. The fraction of sp³-hybridized carbons (Fsp3) is 0.556. The molecule has 6 aliphatic rings.